The Kier molecular flexibility index (Phi) is 2.98. The van der Waals surface area contributed by atoms with E-state index in [9.17, 15) is 9.59 Å². The maximum Gasteiger partial charge on any atom is 0.325 e. The molecule has 0 aromatic heterocycles. The van der Waals surface area contributed by atoms with E-state index >= 15 is 0 Å². The molecule has 0 bridgehead atoms. The van der Waals surface area contributed by atoms with Crippen LogP contribution in [0.2, 0.25) is 0 Å². The summed E-state index contributed by atoms with van der Waals surface area (Å²) in [7, 11) is 3.03. The monoisotopic (exact) mass is 248 g/mol. The van der Waals surface area contributed by atoms with E-state index in [1.54, 1.807) is 19.2 Å². The molecule has 0 spiro atoms. The van der Waals surface area contributed by atoms with Gasteiger partial charge in [0, 0.05) is 12.6 Å². The molecule has 3 amide bonds. The van der Waals surface area contributed by atoms with Gasteiger partial charge in [-0.3, -0.25) is 9.69 Å². The summed E-state index contributed by atoms with van der Waals surface area (Å²) in [5, 5.41) is 2.77. The Morgan fingerprint density at radius 3 is 2.50 bits per heavy atom. The van der Waals surface area contributed by atoms with Crippen LogP contribution in [0.15, 0.2) is 24.3 Å². The molecule has 1 fully saturated rings. The van der Waals surface area contributed by atoms with Gasteiger partial charge in [-0.2, -0.15) is 0 Å². The summed E-state index contributed by atoms with van der Waals surface area (Å²) in [4.78, 5) is 25.1. The maximum absolute atomic E-state index is 12.3. The number of hydrogen-bond acceptors (Lipinski definition) is 3. The fraction of sp³-hybridized carbons (Fsp3) is 0.385. The van der Waals surface area contributed by atoms with Gasteiger partial charge in [0.2, 0.25) is 0 Å². The number of amides is 3. The predicted molar refractivity (Wildman–Crippen MR) is 66.3 cm³/mol. The summed E-state index contributed by atoms with van der Waals surface area (Å²) >= 11 is 0. The number of methoxy groups -OCH3 is 1. The number of nitrogens with zero attached hydrogens (tertiary/aromatic N) is 1. The van der Waals surface area contributed by atoms with Gasteiger partial charge in [0.25, 0.3) is 5.91 Å². The highest BCUT2D eigenvalue weighted by molar-refractivity contribution is 6.07. The van der Waals surface area contributed by atoms with Crippen molar-refractivity contribution < 1.29 is 14.3 Å². The molecule has 1 aliphatic rings. The molecule has 0 radical (unpaired) electrons. The average Bonchev–Trinajstić information content (AvgIpc) is 2.63. The van der Waals surface area contributed by atoms with Crippen LogP contribution in [0.3, 0.4) is 0 Å². The second-order valence-electron chi connectivity index (χ2n) is 4.25. The molecule has 1 aliphatic heterocycles. The number of imide groups is 1. The number of ether oxygens (including phenoxy) is 1. The third kappa shape index (κ3) is 1.54. The van der Waals surface area contributed by atoms with E-state index in [2.05, 4.69) is 5.32 Å². The Morgan fingerprint density at radius 2 is 2.00 bits per heavy atom. The molecule has 5 nitrogen and oxygen atoms in total. The molecule has 0 aliphatic carbocycles. The van der Waals surface area contributed by atoms with Crippen LogP contribution in [0.1, 0.15) is 18.9 Å². The highest BCUT2D eigenvalue weighted by atomic mass is 16.5. The number of carbonyl (C=O) groups excluding carboxylic acids is 2. The molecule has 2 rings (SSSR count). The normalized spacial score (nSPS) is 23.2. The molecule has 1 atom stereocenters. The Morgan fingerprint density at radius 1 is 1.33 bits per heavy atom. The minimum absolute atomic E-state index is 0.250. The van der Waals surface area contributed by atoms with E-state index in [1.807, 2.05) is 19.1 Å². The zero-order chi connectivity index (χ0) is 13.3. The van der Waals surface area contributed by atoms with E-state index in [1.165, 1.54) is 7.05 Å². The molecule has 1 heterocycles. The molecule has 1 N–H and O–H groups in total. The Hall–Kier alpha value is -2.04. The van der Waals surface area contributed by atoms with Crippen LogP contribution in [0.25, 0.3) is 0 Å². The second-order valence-corrected chi connectivity index (χ2v) is 4.25. The minimum Gasteiger partial charge on any atom is -0.496 e. The van der Waals surface area contributed by atoms with E-state index in [-0.39, 0.29) is 11.9 Å². The molecule has 0 saturated carbocycles. The number of para-hydroxylation sites is 1. The molecular weight excluding hydrogens is 232 g/mol. The molecule has 1 saturated heterocycles. The van der Waals surface area contributed by atoms with Gasteiger partial charge in [-0.1, -0.05) is 25.1 Å². The summed E-state index contributed by atoms with van der Waals surface area (Å²) in [6.45, 7) is 1.86. The third-order valence-electron chi connectivity index (χ3n) is 3.39. The summed E-state index contributed by atoms with van der Waals surface area (Å²) < 4.78 is 5.28. The summed E-state index contributed by atoms with van der Waals surface area (Å²) in [5.74, 6) is 0.350. The van der Waals surface area contributed by atoms with Crippen molar-refractivity contribution in [3.63, 3.8) is 0 Å². The van der Waals surface area contributed by atoms with Crippen LogP contribution in [-0.4, -0.2) is 31.0 Å². The lowest BCUT2D eigenvalue weighted by Gasteiger charge is -2.27. The van der Waals surface area contributed by atoms with Crippen molar-refractivity contribution in [3.8, 4) is 5.75 Å². The predicted octanol–water partition coefficient (Wildman–Crippen LogP) is 1.48. The van der Waals surface area contributed by atoms with Crippen LogP contribution in [0.5, 0.6) is 5.75 Å². The average molecular weight is 248 g/mol. The van der Waals surface area contributed by atoms with Crippen LogP contribution in [-0.2, 0) is 10.3 Å². The summed E-state index contributed by atoms with van der Waals surface area (Å²) in [5.41, 5.74) is -0.323. The molecule has 0 unspecified atom stereocenters. The largest absolute Gasteiger partial charge is 0.496 e. The first-order valence-corrected chi connectivity index (χ1v) is 5.80. The third-order valence-corrected chi connectivity index (χ3v) is 3.39. The zero-order valence-corrected chi connectivity index (χ0v) is 10.7. The van der Waals surface area contributed by atoms with Crippen molar-refractivity contribution in [2.75, 3.05) is 14.2 Å². The molecule has 18 heavy (non-hydrogen) atoms. The quantitative estimate of drug-likeness (QED) is 0.824. The van der Waals surface area contributed by atoms with Crippen LogP contribution >= 0.6 is 0 Å². The first-order valence-electron chi connectivity index (χ1n) is 5.80. The Labute approximate surface area is 106 Å². The van der Waals surface area contributed by atoms with Gasteiger partial charge in [-0.15, -0.1) is 0 Å². The number of carbonyl (C=O) groups is 2. The van der Waals surface area contributed by atoms with E-state index in [4.69, 9.17) is 4.74 Å². The molecule has 1 aromatic carbocycles. The zero-order valence-electron chi connectivity index (χ0n) is 10.7. The maximum atomic E-state index is 12.3. The Bertz CT molecular complexity index is 501. The summed E-state index contributed by atoms with van der Waals surface area (Å²) in [6, 6.07) is 6.86. The topological polar surface area (TPSA) is 58.6 Å². The SMILES string of the molecule is CC[C@]1(c2ccccc2OC)NC(=O)N(C)C1=O. The highest BCUT2D eigenvalue weighted by Crippen LogP contribution is 2.36. The fourth-order valence-electron chi connectivity index (χ4n) is 2.31. The van der Waals surface area contributed by atoms with Gasteiger partial charge in [0.15, 0.2) is 0 Å². The van der Waals surface area contributed by atoms with Crippen molar-refractivity contribution in [2.24, 2.45) is 0 Å². The molecular formula is C13H16N2O3. The molecule has 96 valence electrons. The van der Waals surface area contributed by atoms with Gasteiger partial charge in [-0.25, -0.2) is 4.79 Å². The number of urea groups is 1. The first kappa shape index (κ1) is 12.4. The fourth-order valence-corrected chi connectivity index (χ4v) is 2.31. The lowest BCUT2D eigenvalue weighted by atomic mass is 9.86. The second kappa shape index (κ2) is 4.33. The smallest absolute Gasteiger partial charge is 0.325 e. The van der Waals surface area contributed by atoms with E-state index < -0.39 is 5.54 Å². The van der Waals surface area contributed by atoms with Crippen molar-refractivity contribution in [3.05, 3.63) is 29.8 Å². The Balaban J connectivity index is 2.58. The lowest BCUT2D eigenvalue weighted by molar-refractivity contribution is -0.130. The van der Waals surface area contributed by atoms with Crippen LogP contribution in [0.4, 0.5) is 4.79 Å². The van der Waals surface area contributed by atoms with Crippen molar-refractivity contribution in [1.29, 1.82) is 0 Å². The van der Waals surface area contributed by atoms with Gasteiger partial charge in [0.05, 0.1) is 7.11 Å². The number of benzene rings is 1. The first-order chi connectivity index (χ1) is 8.56. The van der Waals surface area contributed by atoms with Crippen LogP contribution in [0, 0.1) is 0 Å². The van der Waals surface area contributed by atoms with Gasteiger partial charge < -0.3 is 10.1 Å². The number of likely N-dealkylation sites (N-methyl/N-ethyl adjacent to an activating group) is 1. The van der Waals surface area contributed by atoms with Crippen LogP contribution < -0.4 is 10.1 Å². The van der Waals surface area contributed by atoms with Crippen molar-refractivity contribution in [2.45, 2.75) is 18.9 Å². The van der Waals surface area contributed by atoms with Gasteiger partial charge in [0.1, 0.15) is 11.3 Å². The van der Waals surface area contributed by atoms with Crippen molar-refractivity contribution in [1.82, 2.24) is 10.2 Å². The number of nitrogens with one attached hydrogen (secondary N) is 1. The number of hydrogen-bond donors (Lipinski definition) is 1. The number of rotatable bonds is 3. The molecule has 1 aromatic rings. The van der Waals surface area contributed by atoms with Crippen molar-refractivity contribution >= 4 is 11.9 Å². The van der Waals surface area contributed by atoms with Gasteiger partial charge in [-0.05, 0) is 12.5 Å². The standard InChI is InChI=1S/C13H16N2O3/c1-4-13(11(16)15(2)12(17)14-13)9-7-5-6-8-10(9)18-3/h5-8H,4H2,1-3H3,(H,14,17)/t13-/m1/s1. The molecule has 5 heteroatoms. The van der Waals surface area contributed by atoms with Gasteiger partial charge >= 0.3 is 6.03 Å². The van der Waals surface area contributed by atoms with E-state index in [0.29, 0.717) is 17.7 Å². The minimum atomic E-state index is -1.02. The van der Waals surface area contributed by atoms with E-state index in [0.717, 1.165) is 4.90 Å². The lowest BCUT2D eigenvalue weighted by Crippen LogP contribution is -2.43. The highest BCUT2D eigenvalue weighted by Gasteiger charge is 2.51. The summed E-state index contributed by atoms with van der Waals surface area (Å²) in [6.07, 6.45) is 0.474.